The molecule has 2 amide bonds. The van der Waals surface area contributed by atoms with Crippen LogP contribution in [0.15, 0.2) is 25.3 Å². The third kappa shape index (κ3) is 10.4. The van der Waals surface area contributed by atoms with Gasteiger partial charge < -0.3 is 10.3 Å². The van der Waals surface area contributed by atoms with Gasteiger partial charge in [-0.25, -0.2) is 10.0 Å². The first-order valence-electron chi connectivity index (χ1n) is 10.7. The average Bonchev–Trinajstić information content (AvgIpc) is 3.42. The van der Waals surface area contributed by atoms with E-state index in [9.17, 15) is 14.8 Å². The molecule has 1 heterocycles. The number of aromatic nitrogens is 2. The molecule has 1 aromatic heterocycles. The van der Waals surface area contributed by atoms with Crippen LogP contribution in [0, 0.1) is 18.8 Å². The molecule has 170 valence electrons. The van der Waals surface area contributed by atoms with Crippen LogP contribution in [0.2, 0.25) is 0 Å². The third-order valence-electron chi connectivity index (χ3n) is 5.13. The number of aromatic amines is 1. The van der Waals surface area contributed by atoms with Crippen LogP contribution in [0.25, 0.3) is 0 Å². The van der Waals surface area contributed by atoms with Crippen molar-refractivity contribution in [2.45, 2.75) is 72.8 Å². The highest BCUT2D eigenvalue weighted by Crippen LogP contribution is 2.30. The summed E-state index contributed by atoms with van der Waals surface area (Å²) in [6.45, 7) is 14.4. The molecular weight excluding hydrogens is 380 g/mol. The van der Waals surface area contributed by atoms with Gasteiger partial charge in [0.1, 0.15) is 5.82 Å². The summed E-state index contributed by atoms with van der Waals surface area (Å²) >= 11 is 0. The molecule has 0 radical (unpaired) electrons. The zero-order valence-electron chi connectivity index (χ0n) is 19.1. The molecule has 2 rings (SSSR count). The molecule has 0 bridgehead atoms. The van der Waals surface area contributed by atoms with Gasteiger partial charge in [0.25, 0.3) is 0 Å². The zero-order chi connectivity index (χ0) is 22.9. The van der Waals surface area contributed by atoms with E-state index in [2.05, 4.69) is 28.4 Å². The number of hydroxylamine groups is 2. The Morgan fingerprint density at radius 1 is 1.33 bits per heavy atom. The minimum atomic E-state index is -0.398. The maximum absolute atomic E-state index is 12.5. The number of hydrogen-bond acceptors (Lipinski definition) is 4. The molecule has 7 nitrogen and oxygen atoms in total. The number of allylic oxidation sites excluding steroid dienone is 2. The van der Waals surface area contributed by atoms with Gasteiger partial charge >= 0.3 is 0 Å². The molecule has 30 heavy (non-hydrogen) atoms. The van der Waals surface area contributed by atoms with Gasteiger partial charge in [-0.05, 0) is 39.5 Å². The molecule has 1 aromatic rings. The summed E-state index contributed by atoms with van der Waals surface area (Å²) in [4.78, 5) is 30.8. The van der Waals surface area contributed by atoms with Crippen LogP contribution in [0.1, 0.15) is 70.1 Å². The first-order valence-corrected chi connectivity index (χ1v) is 10.7. The van der Waals surface area contributed by atoms with Crippen LogP contribution in [0.3, 0.4) is 0 Å². The maximum atomic E-state index is 12.5. The largest absolute Gasteiger partial charge is 0.349 e. The van der Waals surface area contributed by atoms with E-state index < -0.39 is 5.92 Å². The van der Waals surface area contributed by atoms with Crippen molar-refractivity contribution in [3.05, 3.63) is 42.5 Å². The quantitative estimate of drug-likeness (QED) is 0.240. The minimum Gasteiger partial charge on any atom is -0.349 e. The van der Waals surface area contributed by atoms with Crippen molar-refractivity contribution < 1.29 is 14.8 Å². The van der Waals surface area contributed by atoms with Crippen LogP contribution in [-0.2, 0) is 22.6 Å². The van der Waals surface area contributed by atoms with E-state index in [1.54, 1.807) is 0 Å². The molecule has 1 atom stereocenters. The Kier molecular flexibility index (Phi) is 15.1. The molecule has 3 N–H and O–H groups in total. The fourth-order valence-corrected chi connectivity index (χ4v) is 3.49. The molecule has 0 saturated heterocycles. The lowest BCUT2D eigenvalue weighted by Gasteiger charge is -2.22. The first-order chi connectivity index (χ1) is 14.4. The second-order valence-electron chi connectivity index (χ2n) is 7.30. The third-order valence-corrected chi connectivity index (χ3v) is 5.13. The Bertz CT molecular complexity index is 632. The van der Waals surface area contributed by atoms with Crippen molar-refractivity contribution in [1.82, 2.24) is 20.3 Å². The second kappa shape index (κ2) is 16.4. The predicted octanol–water partition coefficient (Wildman–Crippen LogP) is 4.33. The van der Waals surface area contributed by atoms with Crippen LogP contribution < -0.4 is 5.32 Å². The number of nitrogens with one attached hydrogen (secondary N) is 2. The van der Waals surface area contributed by atoms with Gasteiger partial charge in [-0.1, -0.05) is 44.8 Å². The average molecular weight is 421 g/mol. The van der Waals surface area contributed by atoms with E-state index in [1.165, 1.54) is 12.8 Å². The molecular formula is C23H40N4O3. The summed E-state index contributed by atoms with van der Waals surface area (Å²) in [6, 6.07) is 0. The normalized spacial score (nSPS) is 14.3. The summed E-state index contributed by atoms with van der Waals surface area (Å²) in [6.07, 6.45) is 10.5. The summed E-state index contributed by atoms with van der Waals surface area (Å²) in [5.74, 6) is 0.687. The van der Waals surface area contributed by atoms with Crippen LogP contribution in [0.4, 0.5) is 0 Å². The second-order valence-corrected chi connectivity index (χ2v) is 7.30. The Morgan fingerprint density at radius 2 is 1.93 bits per heavy atom. The fraction of sp³-hybridized carbons (Fsp3) is 0.609. The van der Waals surface area contributed by atoms with Gasteiger partial charge in [0, 0.05) is 5.69 Å². The number of hydrogen-bond donors (Lipinski definition) is 3. The summed E-state index contributed by atoms with van der Waals surface area (Å²) in [5.41, 5.74) is 2.02. The minimum absolute atomic E-state index is 0.0310. The van der Waals surface area contributed by atoms with E-state index in [0.29, 0.717) is 30.4 Å². The number of nitrogens with zero attached hydrogens (tertiary/aromatic N) is 2. The lowest BCUT2D eigenvalue weighted by molar-refractivity contribution is -0.155. The molecule has 1 fully saturated rings. The van der Waals surface area contributed by atoms with E-state index in [0.717, 1.165) is 36.5 Å². The van der Waals surface area contributed by atoms with E-state index in [4.69, 9.17) is 0 Å². The van der Waals surface area contributed by atoms with Crippen LogP contribution in [0.5, 0.6) is 0 Å². The Morgan fingerprint density at radius 3 is 2.40 bits per heavy atom. The Hall–Kier alpha value is -2.41. The summed E-state index contributed by atoms with van der Waals surface area (Å²) in [5, 5.41) is 12.9. The molecule has 0 unspecified atom stereocenters. The highest BCUT2D eigenvalue weighted by molar-refractivity contribution is 5.79. The smallest absolute Gasteiger partial charge is 0.233 e. The molecule has 1 saturated carbocycles. The molecule has 1 aliphatic rings. The first kappa shape index (κ1) is 27.6. The highest BCUT2D eigenvalue weighted by atomic mass is 16.5. The lowest BCUT2D eigenvalue weighted by Crippen LogP contribution is -2.38. The SMILES string of the molecule is C/C=C\C.C=C.CCc1nc(CNC(=O)[C@H](CC2CCCC2)CN(O)C=O)[nH]c1C. The molecule has 0 spiro atoms. The highest BCUT2D eigenvalue weighted by Gasteiger charge is 2.26. The summed E-state index contributed by atoms with van der Waals surface area (Å²) in [7, 11) is 0. The van der Waals surface area contributed by atoms with Crippen molar-refractivity contribution in [3.8, 4) is 0 Å². The fourth-order valence-electron chi connectivity index (χ4n) is 3.49. The number of amides is 2. The van der Waals surface area contributed by atoms with Gasteiger partial charge in [-0.3, -0.25) is 14.8 Å². The number of imidazole rings is 1. The zero-order valence-corrected chi connectivity index (χ0v) is 19.1. The molecule has 7 heteroatoms. The standard InChI is InChI=1S/C17H28N4O3.C4H8.C2H4/c1-3-15-12(2)19-16(20-15)9-18-17(23)14(10-21(24)11-22)8-13-6-4-5-7-13;1-3-4-2;1-2/h11,13-14,24H,3-10H2,1-2H3,(H,18,23)(H,19,20);3-4H,1-2H3;1-2H2/b;4-3-;/t14-;;/m1../s1. The summed E-state index contributed by atoms with van der Waals surface area (Å²) < 4.78 is 0. The van der Waals surface area contributed by atoms with Gasteiger partial charge in [-0.15, -0.1) is 13.2 Å². The lowest BCUT2D eigenvalue weighted by atomic mass is 9.92. The Labute approximate surface area is 181 Å². The van der Waals surface area contributed by atoms with Gasteiger partial charge in [0.05, 0.1) is 24.7 Å². The van der Waals surface area contributed by atoms with E-state index in [-0.39, 0.29) is 12.5 Å². The van der Waals surface area contributed by atoms with Crippen molar-refractivity contribution in [2.75, 3.05) is 6.54 Å². The Balaban J connectivity index is 0.00000125. The maximum Gasteiger partial charge on any atom is 0.233 e. The molecule has 1 aliphatic carbocycles. The number of carbonyl (C=O) groups excluding carboxylic acids is 2. The molecule has 0 aliphatic heterocycles. The van der Waals surface area contributed by atoms with Crippen molar-refractivity contribution in [3.63, 3.8) is 0 Å². The van der Waals surface area contributed by atoms with E-state index in [1.807, 2.05) is 39.8 Å². The van der Waals surface area contributed by atoms with Crippen molar-refractivity contribution >= 4 is 12.3 Å². The van der Waals surface area contributed by atoms with Crippen LogP contribution in [-0.4, -0.2) is 39.1 Å². The van der Waals surface area contributed by atoms with Gasteiger partial charge in [-0.2, -0.15) is 0 Å². The number of carbonyl (C=O) groups is 2. The monoisotopic (exact) mass is 420 g/mol. The van der Waals surface area contributed by atoms with Crippen molar-refractivity contribution in [2.24, 2.45) is 11.8 Å². The van der Waals surface area contributed by atoms with Gasteiger partial charge in [0.15, 0.2) is 0 Å². The van der Waals surface area contributed by atoms with Crippen LogP contribution >= 0.6 is 0 Å². The predicted molar refractivity (Wildman–Crippen MR) is 121 cm³/mol. The van der Waals surface area contributed by atoms with Gasteiger partial charge in [0.2, 0.25) is 12.3 Å². The van der Waals surface area contributed by atoms with E-state index >= 15 is 0 Å². The van der Waals surface area contributed by atoms with Crippen molar-refractivity contribution in [1.29, 1.82) is 0 Å². The number of rotatable bonds is 9. The topological polar surface area (TPSA) is 98.3 Å². The number of aryl methyl sites for hydroxylation is 2. The number of H-pyrrole nitrogens is 1. The molecule has 0 aromatic carbocycles.